The van der Waals surface area contributed by atoms with Gasteiger partial charge in [0.05, 0.1) is 18.2 Å². The third kappa shape index (κ3) is 4.96. The van der Waals surface area contributed by atoms with Crippen molar-refractivity contribution in [3.8, 4) is 0 Å². The molecule has 3 heterocycles. The van der Waals surface area contributed by atoms with Gasteiger partial charge < -0.3 is 20.3 Å². The number of guanidine groups is 1. The number of halogens is 1. The van der Waals surface area contributed by atoms with E-state index in [-0.39, 0.29) is 24.0 Å². The van der Waals surface area contributed by atoms with E-state index in [1.54, 1.807) is 0 Å². The Morgan fingerprint density at radius 1 is 1.27 bits per heavy atom. The van der Waals surface area contributed by atoms with Crippen LogP contribution in [0.5, 0.6) is 0 Å². The van der Waals surface area contributed by atoms with Crippen molar-refractivity contribution in [2.24, 2.45) is 4.99 Å². The van der Waals surface area contributed by atoms with Crippen LogP contribution in [0.15, 0.2) is 4.99 Å². The molecule has 3 unspecified atom stereocenters. The van der Waals surface area contributed by atoms with E-state index in [0.29, 0.717) is 18.2 Å². The van der Waals surface area contributed by atoms with Crippen molar-refractivity contribution in [1.82, 2.24) is 15.5 Å². The summed E-state index contributed by atoms with van der Waals surface area (Å²) >= 11 is 0. The summed E-state index contributed by atoms with van der Waals surface area (Å²) in [5.74, 6) is 0.972. The Morgan fingerprint density at radius 3 is 2.73 bits per heavy atom. The van der Waals surface area contributed by atoms with Crippen molar-refractivity contribution in [1.29, 1.82) is 0 Å². The first-order chi connectivity index (χ1) is 10.3. The smallest absolute Gasteiger partial charge is 0.191 e. The number of rotatable bonds is 6. The fourth-order valence-electron chi connectivity index (χ4n) is 3.78. The first-order valence-corrected chi connectivity index (χ1v) is 8.78. The minimum Gasteiger partial charge on any atom is -0.373 e. The highest BCUT2D eigenvalue weighted by atomic mass is 127. The molecular formula is C16H31IN4O. The second kappa shape index (κ2) is 9.27. The topological polar surface area (TPSA) is 48.9 Å². The molecule has 0 aliphatic carbocycles. The van der Waals surface area contributed by atoms with Gasteiger partial charge in [0.15, 0.2) is 5.96 Å². The van der Waals surface area contributed by atoms with Gasteiger partial charge in [-0.15, -0.1) is 24.0 Å². The van der Waals surface area contributed by atoms with Gasteiger partial charge in [-0.3, -0.25) is 4.99 Å². The molecule has 3 atom stereocenters. The van der Waals surface area contributed by atoms with Crippen LogP contribution in [0.25, 0.3) is 0 Å². The van der Waals surface area contributed by atoms with E-state index >= 15 is 0 Å². The Kier molecular flexibility index (Phi) is 7.70. The van der Waals surface area contributed by atoms with Gasteiger partial charge in [-0.1, -0.05) is 0 Å². The van der Waals surface area contributed by atoms with Gasteiger partial charge in [0.1, 0.15) is 0 Å². The molecule has 0 aromatic carbocycles. The third-order valence-electron chi connectivity index (χ3n) is 4.87. The first kappa shape index (κ1) is 18.3. The quantitative estimate of drug-likeness (QED) is 0.298. The lowest BCUT2D eigenvalue weighted by molar-refractivity contribution is 0.0992. The molecule has 3 rings (SSSR count). The van der Waals surface area contributed by atoms with Crippen molar-refractivity contribution in [2.75, 3.05) is 32.7 Å². The van der Waals surface area contributed by atoms with E-state index in [4.69, 9.17) is 9.73 Å². The zero-order chi connectivity index (χ0) is 14.5. The number of fused-ring (bicyclic) bond motifs is 2. The molecule has 22 heavy (non-hydrogen) atoms. The lowest BCUT2D eigenvalue weighted by atomic mass is 9.96. The normalized spacial score (nSPS) is 31.3. The Labute approximate surface area is 151 Å². The largest absolute Gasteiger partial charge is 0.373 e. The van der Waals surface area contributed by atoms with Gasteiger partial charge in [0.25, 0.3) is 0 Å². The molecule has 5 nitrogen and oxygen atoms in total. The van der Waals surface area contributed by atoms with Crippen molar-refractivity contribution < 1.29 is 4.74 Å². The fourth-order valence-corrected chi connectivity index (χ4v) is 3.78. The van der Waals surface area contributed by atoms with Crippen LogP contribution < -0.4 is 10.6 Å². The van der Waals surface area contributed by atoms with E-state index in [0.717, 1.165) is 31.9 Å². The zero-order valence-corrected chi connectivity index (χ0v) is 16.1. The van der Waals surface area contributed by atoms with Crippen molar-refractivity contribution in [3.05, 3.63) is 0 Å². The van der Waals surface area contributed by atoms with E-state index in [9.17, 15) is 0 Å². The van der Waals surface area contributed by atoms with Crippen molar-refractivity contribution in [3.63, 3.8) is 0 Å². The number of hydrogen-bond acceptors (Lipinski definition) is 3. The molecule has 0 aromatic rings. The third-order valence-corrected chi connectivity index (χ3v) is 4.87. The van der Waals surface area contributed by atoms with E-state index < -0.39 is 0 Å². The highest BCUT2D eigenvalue weighted by Crippen LogP contribution is 2.34. The number of hydrogen-bond donors (Lipinski definition) is 2. The van der Waals surface area contributed by atoms with Crippen LogP contribution in [0.3, 0.4) is 0 Å². The van der Waals surface area contributed by atoms with Crippen LogP contribution in [0.1, 0.15) is 45.4 Å². The van der Waals surface area contributed by atoms with Crippen LogP contribution in [0.2, 0.25) is 0 Å². The molecule has 3 aliphatic heterocycles. The minimum absolute atomic E-state index is 0. The maximum atomic E-state index is 5.91. The van der Waals surface area contributed by atoms with Crippen molar-refractivity contribution >= 4 is 29.9 Å². The van der Waals surface area contributed by atoms with Gasteiger partial charge in [-0.25, -0.2) is 0 Å². The van der Waals surface area contributed by atoms with Crippen LogP contribution in [-0.2, 0) is 4.74 Å². The molecule has 2 N–H and O–H groups in total. The lowest BCUT2D eigenvalue weighted by Gasteiger charge is -2.22. The van der Waals surface area contributed by atoms with E-state index in [2.05, 4.69) is 22.5 Å². The zero-order valence-electron chi connectivity index (χ0n) is 13.7. The summed E-state index contributed by atoms with van der Waals surface area (Å²) < 4.78 is 5.91. The number of nitrogens with one attached hydrogen (secondary N) is 2. The molecule has 3 aliphatic rings. The number of ether oxygens (including phenoxy) is 1. The SMILES string of the molecule is CCNC(=NCCCN1CCCC1)NC1CC2CCC1O2.I. The summed E-state index contributed by atoms with van der Waals surface area (Å²) in [5, 5.41) is 6.94. The molecule has 3 fully saturated rings. The van der Waals surface area contributed by atoms with Crippen LogP contribution in [0.4, 0.5) is 0 Å². The number of nitrogens with zero attached hydrogens (tertiary/aromatic N) is 2. The number of likely N-dealkylation sites (tertiary alicyclic amines) is 1. The van der Waals surface area contributed by atoms with Gasteiger partial charge in [0.2, 0.25) is 0 Å². The Balaban J connectivity index is 0.00000176. The van der Waals surface area contributed by atoms with Gasteiger partial charge in [-0.05, 0) is 65.1 Å². The summed E-state index contributed by atoms with van der Waals surface area (Å²) in [6, 6.07) is 0.458. The van der Waals surface area contributed by atoms with Gasteiger partial charge in [-0.2, -0.15) is 0 Å². The predicted molar refractivity (Wildman–Crippen MR) is 101 cm³/mol. The van der Waals surface area contributed by atoms with Crippen LogP contribution in [-0.4, -0.2) is 61.8 Å². The number of aliphatic imine (C=N–C) groups is 1. The fraction of sp³-hybridized carbons (Fsp3) is 0.938. The highest BCUT2D eigenvalue weighted by Gasteiger charge is 2.41. The lowest BCUT2D eigenvalue weighted by Crippen LogP contribution is -2.47. The summed E-state index contributed by atoms with van der Waals surface area (Å²) in [4.78, 5) is 7.29. The average molecular weight is 422 g/mol. The molecular weight excluding hydrogens is 391 g/mol. The molecule has 3 saturated heterocycles. The summed E-state index contributed by atoms with van der Waals surface area (Å²) in [5.41, 5.74) is 0. The average Bonchev–Trinajstić information content (AvgIpc) is 3.21. The minimum atomic E-state index is 0. The molecule has 0 amide bonds. The first-order valence-electron chi connectivity index (χ1n) is 8.78. The van der Waals surface area contributed by atoms with Gasteiger partial charge >= 0.3 is 0 Å². The van der Waals surface area contributed by atoms with Crippen LogP contribution >= 0.6 is 24.0 Å². The summed E-state index contributed by atoms with van der Waals surface area (Å²) in [7, 11) is 0. The second-order valence-corrected chi connectivity index (χ2v) is 6.52. The Morgan fingerprint density at radius 2 is 2.09 bits per heavy atom. The molecule has 0 saturated carbocycles. The standard InChI is InChI=1S/C16H30N4O.HI/c1-2-17-16(18-8-5-11-20-9-3-4-10-20)19-14-12-13-6-7-15(14)21-13;/h13-15H,2-12H2,1H3,(H2,17,18,19);1H. The van der Waals surface area contributed by atoms with Crippen molar-refractivity contribution in [2.45, 2.75) is 63.7 Å². The van der Waals surface area contributed by atoms with Crippen LogP contribution in [0, 0.1) is 0 Å². The van der Waals surface area contributed by atoms with E-state index in [1.165, 1.54) is 45.3 Å². The maximum absolute atomic E-state index is 5.91. The molecule has 2 bridgehead atoms. The highest BCUT2D eigenvalue weighted by molar-refractivity contribution is 14.0. The monoisotopic (exact) mass is 422 g/mol. The van der Waals surface area contributed by atoms with E-state index in [1.807, 2.05) is 0 Å². The predicted octanol–water partition coefficient (Wildman–Crippen LogP) is 1.97. The Bertz CT molecular complexity index is 360. The Hall–Kier alpha value is -0.0800. The summed E-state index contributed by atoms with van der Waals surface area (Å²) in [6.45, 7) is 7.71. The second-order valence-electron chi connectivity index (χ2n) is 6.52. The molecule has 0 spiro atoms. The summed E-state index contributed by atoms with van der Waals surface area (Å²) in [6.07, 6.45) is 8.39. The molecule has 128 valence electrons. The molecule has 0 aromatic heterocycles. The van der Waals surface area contributed by atoms with Gasteiger partial charge in [0, 0.05) is 13.1 Å². The molecule has 6 heteroatoms. The molecule has 0 radical (unpaired) electrons. The maximum Gasteiger partial charge on any atom is 0.191 e.